The van der Waals surface area contributed by atoms with E-state index in [1.165, 1.54) is 0 Å². The van der Waals surface area contributed by atoms with Gasteiger partial charge in [-0.25, -0.2) is 13.1 Å². The van der Waals surface area contributed by atoms with E-state index in [9.17, 15) is 23.6 Å². The number of aliphatic hydroxyl groups is 1. The molecule has 9 heteroatoms. The van der Waals surface area contributed by atoms with Crippen LogP contribution in [0, 0.1) is 10.1 Å². The number of sulfonamides is 1. The Morgan fingerprint density at radius 3 is 2.70 bits per heavy atom. The highest BCUT2D eigenvalue weighted by Gasteiger charge is 2.22. The largest absolute Gasteiger partial charge is 0.392 e. The summed E-state index contributed by atoms with van der Waals surface area (Å²) in [5.41, 5.74) is -0.371. The van der Waals surface area contributed by atoms with Crippen LogP contribution in [0.5, 0.6) is 0 Å². The number of hydrogen-bond donors (Lipinski definition) is 2. The lowest BCUT2D eigenvalue weighted by Crippen LogP contribution is -2.32. The molecule has 0 radical (unpaired) electrons. The Hall–Kier alpha value is -1.22. The fourth-order valence-corrected chi connectivity index (χ4v) is 3.12. The molecule has 0 aliphatic heterocycles. The molecule has 1 aromatic carbocycles. The maximum Gasteiger partial charge on any atom is 0.270 e. The first-order valence-electron chi connectivity index (χ1n) is 5.89. The van der Waals surface area contributed by atoms with Gasteiger partial charge >= 0.3 is 0 Å². The topological polar surface area (TPSA) is 110 Å². The first-order chi connectivity index (χ1) is 9.27. The third-order valence-corrected chi connectivity index (χ3v) is 4.45. The lowest BCUT2D eigenvalue weighted by atomic mass is 10.2. The van der Waals surface area contributed by atoms with Crippen molar-refractivity contribution in [3.05, 3.63) is 33.3 Å². The van der Waals surface area contributed by atoms with Crippen LogP contribution in [0.25, 0.3) is 0 Å². The quantitative estimate of drug-likeness (QED) is 0.586. The number of nitro groups is 1. The molecule has 1 atom stereocenters. The van der Waals surface area contributed by atoms with E-state index in [1.54, 1.807) is 0 Å². The van der Waals surface area contributed by atoms with Crippen LogP contribution in [0.4, 0.5) is 5.69 Å². The van der Waals surface area contributed by atoms with Crippen LogP contribution in [0.15, 0.2) is 23.1 Å². The second-order valence-electron chi connectivity index (χ2n) is 4.17. The van der Waals surface area contributed by atoms with E-state index in [0.29, 0.717) is 12.8 Å². The Labute approximate surface area is 121 Å². The number of hydrogen-bond acceptors (Lipinski definition) is 5. The molecular formula is C11H15ClN2O5S. The molecule has 7 nitrogen and oxygen atoms in total. The van der Waals surface area contributed by atoms with Crippen LogP contribution in [0.1, 0.15) is 19.8 Å². The van der Waals surface area contributed by atoms with Gasteiger partial charge in [0.2, 0.25) is 10.0 Å². The van der Waals surface area contributed by atoms with Gasteiger partial charge in [0.1, 0.15) is 4.90 Å². The summed E-state index contributed by atoms with van der Waals surface area (Å²) in [7, 11) is -4.01. The average molecular weight is 323 g/mol. The first-order valence-corrected chi connectivity index (χ1v) is 7.75. The van der Waals surface area contributed by atoms with Crippen molar-refractivity contribution in [2.75, 3.05) is 6.54 Å². The zero-order chi connectivity index (χ0) is 15.3. The molecule has 0 aliphatic carbocycles. The van der Waals surface area contributed by atoms with Gasteiger partial charge in [0.05, 0.1) is 16.0 Å². The first kappa shape index (κ1) is 16.8. The second kappa shape index (κ2) is 6.98. The minimum Gasteiger partial charge on any atom is -0.392 e. The molecule has 0 saturated carbocycles. The molecule has 1 aromatic rings. The summed E-state index contributed by atoms with van der Waals surface area (Å²) in [4.78, 5) is 9.57. The lowest BCUT2D eigenvalue weighted by molar-refractivity contribution is -0.385. The summed E-state index contributed by atoms with van der Waals surface area (Å²) < 4.78 is 26.2. The predicted octanol–water partition coefficient (Wildman–Crippen LogP) is 1.69. The Bertz CT molecular complexity index is 590. The van der Waals surface area contributed by atoms with Gasteiger partial charge in [-0.1, -0.05) is 24.9 Å². The maximum atomic E-state index is 12.0. The van der Waals surface area contributed by atoms with Gasteiger partial charge in [-0.05, 0) is 12.5 Å². The predicted molar refractivity (Wildman–Crippen MR) is 74.2 cm³/mol. The molecule has 112 valence electrons. The summed E-state index contributed by atoms with van der Waals surface area (Å²) in [6, 6.07) is 3.15. The van der Waals surface area contributed by atoms with E-state index in [-0.39, 0.29) is 22.2 Å². The van der Waals surface area contributed by atoms with Gasteiger partial charge in [-0.15, -0.1) is 0 Å². The zero-order valence-corrected chi connectivity index (χ0v) is 12.3. The smallest absolute Gasteiger partial charge is 0.270 e. The van der Waals surface area contributed by atoms with Gasteiger partial charge in [-0.3, -0.25) is 10.1 Å². The van der Waals surface area contributed by atoms with Crippen molar-refractivity contribution in [1.29, 1.82) is 0 Å². The van der Waals surface area contributed by atoms with Gasteiger partial charge in [0, 0.05) is 18.7 Å². The van der Waals surface area contributed by atoms with Crippen molar-refractivity contribution in [2.45, 2.75) is 30.8 Å². The number of halogens is 1. The summed E-state index contributed by atoms with van der Waals surface area (Å²) in [6.07, 6.45) is 0.346. The fraction of sp³-hybridized carbons (Fsp3) is 0.455. The molecule has 1 rings (SSSR count). The number of nitrogens with one attached hydrogen (secondary N) is 1. The zero-order valence-electron chi connectivity index (χ0n) is 10.7. The Balaban J connectivity index is 2.97. The van der Waals surface area contributed by atoms with E-state index in [1.807, 2.05) is 6.92 Å². The van der Waals surface area contributed by atoms with Crippen LogP contribution in [0.2, 0.25) is 5.02 Å². The summed E-state index contributed by atoms with van der Waals surface area (Å²) in [5.74, 6) is 0. The standard InChI is InChI=1S/C11H15ClN2O5S/c1-2-3-9(15)7-13-20(18,19)11-6-8(14(16)17)4-5-10(11)12/h4-6,9,13,15H,2-3,7H2,1H3. The number of non-ortho nitro benzene ring substituents is 1. The van der Waals surface area contributed by atoms with Crippen LogP contribution in [-0.2, 0) is 10.0 Å². The average Bonchev–Trinajstić information content (AvgIpc) is 2.37. The van der Waals surface area contributed by atoms with Gasteiger partial charge < -0.3 is 5.11 Å². The SMILES string of the molecule is CCCC(O)CNS(=O)(=O)c1cc([N+](=O)[O-])ccc1Cl. The molecular weight excluding hydrogens is 308 g/mol. The molecule has 0 heterocycles. The molecule has 0 aromatic heterocycles. The molecule has 0 aliphatic rings. The van der Waals surface area contributed by atoms with Gasteiger partial charge in [0.25, 0.3) is 5.69 Å². The van der Waals surface area contributed by atoms with Crippen molar-refractivity contribution >= 4 is 27.3 Å². The molecule has 0 spiro atoms. The van der Waals surface area contributed by atoms with Crippen molar-refractivity contribution < 1.29 is 18.4 Å². The van der Waals surface area contributed by atoms with Crippen LogP contribution in [-0.4, -0.2) is 31.1 Å². The normalized spacial score (nSPS) is 13.2. The Morgan fingerprint density at radius 1 is 1.50 bits per heavy atom. The van der Waals surface area contributed by atoms with E-state index in [4.69, 9.17) is 11.6 Å². The van der Waals surface area contributed by atoms with Gasteiger partial charge in [0.15, 0.2) is 0 Å². The third kappa shape index (κ3) is 4.41. The minimum atomic E-state index is -4.01. The summed E-state index contributed by atoms with van der Waals surface area (Å²) in [5, 5.41) is 20.0. The molecule has 1 unspecified atom stereocenters. The highest BCUT2D eigenvalue weighted by atomic mass is 35.5. The highest BCUT2D eigenvalue weighted by molar-refractivity contribution is 7.89. The summed E-state index contributed by atoms with van der Waals surface area (Å²) in [6.45, 7) is 1.68. The molecule has 0 bridgehead atoms. The van der Waals surface area contributed by atoms with Crippen molar-refractivity contribution in [1.82, 2.24) is 4.72 Å². The van der Waals surface area contributed by atoms with E-state index in [0.717, 1.165) is 18.2 Å². The van der Waals surface area contributed by atoms with Crippen LogP contribution in [0.3, 0.4) is 0 Å². The Kier molecular flexibility index (Phi) is 5.88. The summed E-state index contributed by atoms with van der Waals surface area (Å²) >= 11 is 5.76. The van der Waals surface area contributed by atoms with Crippen molar-refractivity contribution in [2.24, 2.45) is 0 Å². The van der Waals surface area contributed by atoms with E-state index < -0.39 is 21.1 Å². The number of aliphatic hydroxyl groups excluding tert-OH is 1. The minimum absolute atomic E-state index is 0.118. The third-order valence-electron chi connectivity index (χ3n) is 2.55. The molecule has 0 saturated heterocycles. The van der Waals surface area contributed by atoms with Crippen molar-refractivity contribution in [3.63, 3.8) is 0 Å². The number of rotatable bonds is 7. The number of nitrogens with zero attached hydrogens (tertiary/aromatic N) is 1. The number of benzene rings is 1. The van der Waals surface area contributed by atoms with E-state index in [2.05, 4.69) is 4.72 Å². The second-order valence-corrected chi connectivity index (χ2v) is 6.31. The molecule has 2 N–H and O–H groups in total. The number of nitro benzene ring substituents is 1. The molecule has 0 amide bonds. The van der Waals surface area contributed by atoms with Gasteiger partial charge in [-0.2, -0.15) is 0 Å². The fourth-order valence-electron chi connectivity index (χ4n) is 1.53. The maximum absolute atomic E-state index is 12.0. The van der Waals surface area contributed by atoms with Crippen LogP contribution < -0.4 is 4.72 Å². The molecule has 0 fully saturated rings. The highest BCUT2D eigenvalue weighted by Crippen LogP contribution is 2.25. The lowest BCUT2D eigenvalue weighted by Gasteiger charge is -2.12. The van der Waals surface area contributed by atoms with Crippen LogP contribution >= 0.6 is 11.6 Å². The van der Waals surface area contributed by atoms with Crippen molar-refractivity contribution in [3.8, 4) is 0 Å². The Morgan fingerprint density at radius 2 is 2.15 bits per heavy atom. The molecule has 20 heavy (non-hydrogen) atoms. The van der Waals surface area contributed by atoms with E-state index >= 15 is 0 Å². The monoisotopic (exact) mass is 322 g/mol.